The summed E-state index contributed by atoms with van der Waals surface area (Å²) < 4.78 is 10.8. The molecule has 1 spiro atoms. The maximum Gasteiger partial charge on any atom is 0.195 e. The molecule has 4 nitrogen and oxygen atoms in total. The minimum Gasteiger partial charge on any atom is -0.381 e. The van der Waals surface area contributed by atoms with Crippen LogP contribution in [-0.2, 0) is 14.3 Å². The van der Waals surface area contributed by atoms with Crippen LogP contribution in [0, 0.1) is 5.41 Å². The Labute approximate surface area is 117 Å². The lowest BCUT2D eigenvalue weighted by molar-refractivity contribution is -0.137. The second-order valence-corrected chi connectivity index (χ2v) is 6.36. The molecule has 4 heteroatoms. The lowest BCUT2D eigenvalue weighted by atomic mass is 9.67. The third kappa shape index (κ3) is 1.29. The van der Waals surface area contributed by atoms with Crippen molar-refractivity contribution >= 4 is 5.78 Å². The first-order chi connectivity index (χ1) is 9.49. The molecule has 0 aromatic carbocycles. The van der Waals surface area contributed by atoms with Gasteiger partial charge in [0.15, 0.2) is 5.78 Å². The standard InChI is InChI=1S/C16H18O4/c1-9-13-11(5-10-6-19-8-20-7-12(10)13)14(17)15(2,18)16(9)3-4-16/h5,18H,3-4,6-8H2,1-2H3/t15-/m0/s1. The molecule has 20 heavy (non-hydrogen) atoms. The SMILES string of the molecule is CC1=C2C(=CC3=C2COCOC3)C(=O)[C@](C)(O)C12CC2. The van der Waals surface area contributed by atoms with E-state index in [1.165, 1.54) is 0 Å². The number of carbonyl (C=O) groups is 1. The van der Waals surface area contributed by atoms with Crippen molar-refractivity contribution in [2.45, 2.75) is 32.3 Å². The molecule has 0 radical (unpaired) electrons. The van der Waals surface area contributed by atoms with E-state index in [1.54, 1.807) is 6.92 Å². The Bertz CT molecular complexity index is 614. The van der Waals surface area contributed by atoms with Crippen molar-refractivity contribution in [2.75, 3.05) is 20.0 Å². The second kappa shape index (κ2) is 3.70. The highest BCUT2D eigenvalue weighted by molar-refractivity contribution is 6.10. The zero-order valence-corrected chi connectivity index (χ0v) is 11.8. The average molecular weight is 274 g/mol. The third-order valence-electron chi connectivity index (χ3n) is 5.41. The van der Waals surface area contributed by atoms with Crippen LogP contribution in [0.4, 0.5) is 0 Å². The molecule has 1 heterocycles. The van der Waals surface area contributed by atoms with Gasteiger partial charge in [-0.2, -0.15) is 0 Å². The Morgan fingerprint density at radius 3 is 2.65 bits per heavy atom. The zero-order valence-electron chi connectivity index (χ0n) is 11.8. The molecule has 0 amide bonds. The first-order valence-electron chi connectivity index (χ1n) is 7.07. The van der Waals surface area contributed by atoms with Crippen molar-refractivity contribution in [3.63, 3.8) is 0 Å². The third-order valence-corrected chi connectivity index (χ3v) is 5.41. The van der Waals surface area contributed by atoms with Gasteiger partial charge in [-0.25, -0.2) is 0 Å². The molecule has 0 saturated heterocycles. The van der Waals surface area contributed by atoms with Gasteiger partial charge >= 0.3 is 0 Å². The van der Waals surface area contributed by atoms with Crippen LogP contribution in [0.25, 0.3) is 0 Å². The van der Waals surface area contributed by atoms with Crippen LogP contribution in [0.15, 0.2) is 33.9 Å². The minimum atomic E-state index is -1.28. The predicted octanol–water partition coefficient (Wildman–Crippen LogP) is 1.66. The molecule has 4 rings (SSSR count). The minimum absolute atomic E-state index is 0.149. The lowest BCUT2D eigenvalue weighted by Crippen LogP contribution is -2.49. The fourth-order valence-electron chi connectivity index (χ4n) is 3.98. The molecule has 1 atom stereocenters. The Morgan fingerprint density at radius 1 is 1.25 bits per heavy atom. The fourth-order valence-corrected chi connectivity index (χ4v) is 3.98. The number of Topliss-reactive ketones (excluding diaryl/α,β-unsaturated/α-hetero) is 1. The van der Waals surface area contributed by atoms with Crippen LogP contribution in [0.3, 0.4) is 0 Å². The Balaban J connectivity index is 1.93. The molecule has 106 valence electrons. The quantitative estimate of drug-likeness (QED) is 0.730. The van der Waals surface area contributed by atoms with Gasteiger partial charge in [0.1, 0.15) is 12.4 Å². The highest BCUT2D eigenvalue weighted by Gasteiger charge is 2.65. The summed E-state index contributed by atoms with van der Waals surface area (Å²) >= 11 is 0. The van der Waals surface area contributed by atoms with Gasteiger partial charge < -0.3 is 14.6 Å². The fraction of sp³-hybridized carbons (Fsp3) is 0.562. The molecule has 1 saturated carbocycles. The summed E-state index contributed by atoms with van der Waals surface area (Å²) in [6.45, 7) is 4.96. The van der Waals surface area contributed by atoms with Crippen molar-refractivity contribution in [1.82, 2.24) is 0 Å². The molecule has 1 aliphatic heterocycles. The Hall–Kier alpha value is -1.23. The van der Waals surface area contributed by atoms with Gasteiger partial charge in [0.05, 0.1) is 13.2 Å². The monoisotopic (exact) mass is 274 g/mol. The van der Waals surface area contributed by atoms with Gasteiger partial charge in [-0.15, -0.1) is 0 Å². The molecule has 1 fully saturated rings. The molecule has 1 N–H and O–H groups in total. The first kappa shape index (κ1) is 12.5. The van der Waals surface area contributed by atoms with Gasteiger partial charge in [-0.05, 0) is 49.5 Å². The van der Waals surface area contributed by atoms with Gasteiger partial charge in [0.2, 0.25) is 0 Å². The van der Waals surface area contributed by atoms with Crippen LogP contribution in [0.1, 0.15) is 26.7 Å². The summed E-state index contributed by atoms with van der Waals surface area (Å²) in [5.41, 5.74) is 3.26. The van der Waals surface area contributed by atoms with Crippen molar-refractivity contribution in [3.05, 3.63) is 33.9 Å². The van der Waals surface area contributed by atoms with Crippen molar-refractivity contribution in [2.24, 2.45) is 5.41 Å². The topological polar surface area (TPSA) is 55.8 Å². The van der Waals surface area contributed by atoms with Gasteiger partial charge in [-0.1, -0.05) is 5.57 Å². The summed E-state index contributed by atoms with van der Waals surface area (Å²) in [6, 6.07) is 0. The van der Waals surface area contributed by atoms with Gasteiger partial charge in [0, 0.05) is 11.0 Å². The van der Waals surface area contributed by atoms with E-state index in [0.29, 0.717) is 25.6 Å². The zero-order chi connectivity index (χ0) is 14.1. The summed E-state index contributed by atoms with van der Waals surface area (Å²) in [6.07, 6.45) is 3.65. The summed E-state index contributed by atoms with van der Waals surface area (Å²) in [4.78, 5) is 12.7. The van der Waals surface area contributed by atoms with E-state index in [1.807, 2.05) is 6.08 Å². The molecule has 0 aromatic rings. The number of hydrogen-bond donors (Lipinski definition) is 1. The van der Waals surface area contributed by atoms with E-state index in [0.717, 1.165) is 35.1 Å². The summed E-state index contributed by atoms with van der Waals surface area (Å²) in [7, 11) is 0. The Kier molecular flexibility index (Phi) is 2.31. The van der Waals surface area contributed by atoms with Crippen LogP contribution in [-0.4, -0.2) is 36.5 Å². The Morgan fingerprint density at radius 2 is 1.95 bits per heavy atom. The smallest absolute Gasteiger partial charge is 0.195 e. The molecular weight excluding hydrogens is 256 g/mol. The average Bonchev–Trinajstić information content (AvgIpc) is 3.18. The number of fused-ring (bicyclic) bond motifs is 2. The van der Waals surface area contributed by atoms with Gasteiger partial charge in [-0.3, -0.25) is 4.79 Å². The second-order valence-electron chi connectivity index (χ2n) is 6.36. The molecule has 3 aliphatic carbocycles. The van der Waals surface area contributed by atoms with Crippen molar-refractivity contribution in [1.29, 1.82) is 0 Å². The molecule has 0 unspecified atom stereocenters. The van der Waals surface area contributed by atoms with E-state index >= 15 is 0 Å². The molecule has 4 aliphatic rings. The van der Waals surface area contributed by atoms with E-state index in [-0.39, 0.29) is 11.2 Å². The maximum atomic E-state index is 12.7. The van der Waals surface area contributed by atoms with Crippen molar-refractivity contribution in [3.8, 4) is 0 Å². The largest absolute Gasteiger partial charge is 0.381 e. The predicted molar refractivity (Wildman–Crippen MR) is 71.9 cm³/mol. The number of rotatable bonds is 0. The summed E-state index contributed by atoms with van der Waals surface area (Å²) in [5.74, 6) is -0.149. The maximum absolute atomic E-state index is 12.7. The summed E-state index contributed by atoms with van der Waals surface area (Å²) in [5, 5.41) is 10.7. The van der Waals surface area contributed by atoms with Crippen LogP contribution in [0.2, 0.25) is 0 Å². The number of hydrogen-bond acceptors (Lipinski definition) is 4. The van der Waals surface area contributed by atoms with E-state index in [9.17, 15) is 9.90 Å². The van der Waals surface area contributed by atoms with Crippen LogP contribution >= 0.6 is 0 Å². The molecular formula is C16H18O4. The first-order valence-corrected chi connectivity index (χ1v) is 7.07. The normalized spacial score (nSPS) is 35.0. The highest BCUT2D eigenvalue weighted by atomic mass is 16.7. The van der Waals surface area contributed by atoms with E-state index in [2.05, 4.69) is 6.92 Å². The molecule has 0 bridgehead atoms. The number of aliphatic hydroxyl groups is 1. The number of carbonyl (C=O) groups excluding carboxylic acids is 1. The van der Waals surface area contributed by atoms with E-state index in [4.69, 9.17) is 9.47 Å². The number of ketones is 1. The number of ether oxygens (including phenoxy) is 2. The van der Waals surface area contributed by atoms with Gasteiger partial charge in [0.25, 0.3) is 0 Å². The van der Waals surface area contributed by atoms with Crippen LogP contribution in [0.5, 0.6) is 0 Å². The van der Waals surface area contributed by atoms with Crippen molar-refractivity contribution < 1.29 is 19.4 Å². The van der Waals surface area contributed by atoms with Crippen LogP contribution < -0.4 is 0 Å². The van der Waals surface area contributed by atoms with E-state index < -0.39 is 5.60 Å². The molecule has 0 aromatic heterocycles. The highest BCUT2D eigenvalue weighted by Crippen LogP contribution is 2.64. The lowest BCUT2D eigenvalue weighted by Gasteiger charge is -2.39.